The number of nitrogens with two attached hydrogens (primary N) is 1. The fraction of sp³-hybridized carbons (Fsp3) is 0.467. The fourth-order valence-electron chi connectivity index (χ4n) is 1.63. The van der Waals surface area contributed by atoms with E-state index in [1.165, 1.54) is 6.92 Å². The minimum Gasteiger partial charge on any atom is -0.342 e. The van der Waals surface area contributed by atoms with E-state index in [4.69, 9.17) is 5.73 Å². The number of carbonyl (C=O) groups is 2. The molecule has 1 rings (SSSR count). The van der Waals surface area contributed by atoms with Gasteiger partial charge in [-0.15, -0.1) is 0 Å². The van der Waals surface area contributed by atoms with Gasteiger partial charge in [-0.25, -0.2) is 0 Å². The highest BCUT2D eigenvalue weighted by Gasteiger charge is 2.17. The zero-order valence-corrected chi connectivity index (χ0v) is 12.5. The normalized spacial score (nSPS) is 13.4. The molecule has 3 N–H and O–H groups in total. The summed E-state index contributed by atoms with van der Waals surface area (Å²) in [6, 6.07) is 7.27. The second kappa shape index (κ2) is 7.05. The van der Waals surface area contributed by atoms with Crippen LogP contribution in [0.5, 0.6) is 0 Å². The van der Waals surface area contributed by atoms with Crippen molar-refractivity contribution in [1.29, 1.82) is 0 Å². The molecule has 0 spiro atoms. The van der Waals surface area contributed by atoms with Gasteiger partial charge in [0.1, 0.15) is 0 Å². The van der Waals surface area contributed by atoms with Gasteiger partial charge in [0.25, 0.3) is 0 Å². The number of rotatable bonds is 5. The lowest BCUT2D eigenvalue weighted by Crippen LogP contribution is -2.34. The quantitative estimate of drug-likeness (QED) is 0.858. The smallest absolute Gasteiger partial charge is 0.228 e. The van der Waals surface area contributed by atoms with E-state index < -0.39 is 0 Å². The van der Waals surface area contributed by atoms with E-state index in [1.54, 1.807) is 18.9 Å². The minimum absolute atomic E-state index is 0.00465. The Labute approximate surface area is 120 Å². The number of carbonyl (C=O) groups excluding carboxylic acids is 2. The summed E-state index contributed by atoms with van der Waals surface area (Å²) in [6.45, 7) is 5.65. The Bertz CT molecular complexity index is 486. The van der Waals surface area contributed by atoms with E-state index in [0.717, 1.165) is 11.3 Å². The molecule has 0 saturated carbocycles. The van der Waals surface area contributed by atoms with Crippen LogP contribution in [0.2, 0.25) is 0 Å². The van der Waals surface area contributed by atoms with Crippen LogP contribution >= 0.6 is 0 Å². The molecule has 5 nitrogen and oxygen atoms in total. The van der Waals surface area contributed by atoms with Crippen LogP contribution in [-0.4, -0.2) is 29.8 Å². The number of anilines is 1. The lowest BCUT2D eigenvalue weighted by molar-refractivity contribution is -0.128. The Morgan fingerprint density at radius 1 is 1.35 bits per heavy atom. The van der Waals surface area contributed by atoms with Crippen LogP contribution in [0.15, 0.2) is 24.3 Å². The summed E-state index contributed by atoms with van der Waals surface area (Å²) >= 11 is 0. The van der Waals surface area contributed by atoms with Crippen LogP contribution in [0.25, 0.3) is 0 Å². The van der Waals surface area contributed by atoms with Gasteiger partial charge in [0.15, 0.2) is 0 Å². The Hall–Kier alpha value is -1.88. The van der Waals surface area contributed by atoms with Crippen molar-refractivity contribution in [3.05, 3.63) is 29.8 Å². The lowest BCUT2D eigenvalue weighted by Gasteiger charge is -2.17. The van der Waals surface area contributed by atoms with Crippen molar-refractivity contribution < 1.29 is 9.59 Å². The molecular formula is C15H23N3O2. The molecule has 0 saturated heterocycles. The van der Waals surface area contributed by atoms with Crippen LogP contribution in [0.3, 0.4) is 0 Å². The molecule has 20 heavy (non-hydrogen) atoms. The van der Waals surface area contributed by atoms with Crippen molar-refractivity contribution in [2.75, 3.05) is 12.4 Å². The number of amides is 2. The van der Waals surface area contributed by atoms with E-state index in [-0.39, 0.29) is 23.8 Å². The van der Waals surface area contributed by atoms with E-state index in [2.05, 4.69) is 5.32 Å². The first-order chi connectivity index (χ1) is 9.31. The number of hydrogen-bond acceptors (Lipinski definition) is 3. The van der Waals surface area contributed by atoms with Crippen molar-refractivity contribution in [3.63, 3.8) is 0 Å². The molecule has 0 radical (unpaired) electrons. The first-order valence-electron chi connectivity index (χ1n) is 6.68. The predicted octanol–water partition coefficient (Wildman–Crippen LogP) is 1.59. The van der Waals surface area contributed by atoms with Gasteiger partial charge in [-0.2, -0.15) is 0 Å². The Morgan fingerprint density at radius 3 is 2.55 bits per heavy atom. The Morgan fingerprint density at radius 2 is 2.00 bits per heavy atom. The third-order valence-electron chi connectivity index (χ3n) is 3.35. The molecule has 0 aromatic heterocycles. The SMILES string of the molecule is CC(=O)N(C)Cc1cccc(NC(=O)C(C)C(C)N)c1. The van der Waals surface area contributed by atoms with Crippen LogP contribution < -0.4 is 11.1 Å². The highest BCUT2D eigenvalue weighted by atomic mass is 16.2. The summed E-state index contributed by atoms with van der Waals surface area (Å²) in [4.78, 5) is 24.8. The topological polar surface area (TPSA) is 75.4 Å². The molecule has 0 aliphatic carbocycles. The second-order valence-electron chi connectivity index (χ2n) is 5.21. The number of hydrogen-bond donors (Lipinski definition) is 2. The van der Waals surface area contributed by atoms with Crippen LogP contribution in [0, 0.1) is 5.92 Å². The van der Waals surface area contributed by atoms with E-state index in [0.29, 0.717) is 6.54 Å². The zero-order chi connectivity index (χ0) is 15.3. The van der Waals surface area contributed by atoms with Gasteiger partial charge in [0.05, 0.1) is 5.92 Å². The molecule has 2 atom stereocenters. The van der Waals surface area contributed by atoms with E-state index in [1.807, 2.05) is 31.2 Å². The molecule has 110 valence electrons. The molecule has 2 amide bonds. The van der Waals surface area contributed by atoms with Gasteiger partial charge >= 0.3 is 0 Å². The van der Waals surface area contributed by atoms with Gasteiger partial charge in [-0.05, 0) is 24.6 Å². The Balaban J connectivity index is 2.73. The highest BCUT2D eigenvalue weighted by Crippen LogP contribution is 2.14. The van der Waals surface area contributed by atoms with Crippen molar-refractivity contribution >= 4 is 17.5 Å². The maximum atomic E-state index is 11.9. The number of benzene rings is 1. The minimum atomic E-state index is -0.251. The molecule has 1 aromatic carbocycles. The average Bonchev–Trinajstić information content (AvgIpc) is 2.37. The molecule has 0 heterocycles. The molecule has 0 aliphatic rings. The third-order valence-corrected chi connectivity index (χ3v) is 3.35. The summed E-state index contributed by atoms with van der Waals surface area (Å²) in [5.41, 5.74) is 7.40. The van der Waals surface area contributed by atoms with Gasteiger partial charge in [0.2, 0.25) is 11.8 Å². The van der Waals surface area contributed by atoms with E-state index in [9.17, 15) is 9.59 Å². The standard InChI is InChI=1S/C15H23N3O2/c1-10(11(2)16)15(20)17-14-7-5-6-13(8-14)9-18(4)12(3)19/h5-8,10-11H,9,16H2,1-4H3,(H,17,20). The van der Waals surface area contributed by atoms with Gasteiger partial charge in [-0.1, -0.05) is 19.1 Å². The summed E-state index contributed by atoms with van der Waals surface area (Å²) in [7, 11) is 1.74. The molecule has 0 bridgehead atoms. The molecule has 0 fully saturated rings. The maximum absolute atomic E-state index is 11.9. The fourth-order valence-corrected chi connectivity index (χ4v) is 1.63. The molecule has 1 aromatic rings. The Kier molecular flexibility index (Phi) is 5.70. The second-order valence-corrected chi connectivity index (χ2v) is 5.21. The summed E-state index contributed by atoms with van der Waals surface area (Å²) in [5.74, 6) is -0.347. The first kappa shape index (κ1) is 16.2. The van der Waals surface area contributed by atoms with Gasteiger partial charge in [-0.3, -0.25) is 9.59 Å². The summed E-state index contributed by atoms with van der Waals surface area (Å²) in [5, 5.41) is 2.84. The number of nitrogens with one attached hydrogen (secondary N) is 1. The van der Waals surface area contributed by atoms with Crippen molar-refractivity contribution in [2.24, 2.45) is 11.7 Å². The van der Waals surface area contributed by atoms with E-state index >= 15 is 0 Å². The van der Waals surface area contributed by atoms with Crippen LogP contribution in [0.1, 0.15) is 26.3 Å². The summed E-state index contributed by atoms with van der Waals surface area (Å²) < 4.78 is 0. The van der Waals surface area contributed by atoms with Gasteiger partial charge < -0.3 is 16.0 Å². The third kappa shape index (κ3) is 4.66. The van der Waals surface area contributed by atoms with Crippen molar-refractivity contribution in [3.8, 4) is 0 Å². The van der Waals surface area contributed by atoms with Crippen molar-refractivity contribution in [1.82, 2.24) is 4.90 Å². The number of nitrogens with zero attached hydrogens (tertiary/aromatic N) is 1. The highest BCUT2D eigenvalue weighted by molar-refractivity contribution is 5.92. The molecular weight excluding hydrogens is 254 g/mol. The molecule has 0 aliphatic heterocycles. The maximum Gasteiger partial charge on any atom is 0.228 e. The largest absolute Gasteiger partial charge is 0.342 e. The average molecular weight is 277 g/mol. The van der Waals surface area contributed by atoms with Crippen LogP contribution in [-0.2, 0) is 16.1 Å². The summed E-state index contributed by atoms with van der Waals surface area (Å²) in [6.07, 6.45) is 0. The lowest BCUT2D eigenvalue weighted by atomic mass is 10.0. The first-order valence-corrected chi connectivity index (χ1v) is 6.68. The predicted molar refractivity (Wildman–Crippen MR) is 80.0 cm³/mol. The molecule has 2 unspecified atom stereocenters. The molecule has 5 heteroatoms. The van der Waals surface area contributed by atoms with Crippen LogP contribution in [0.4, 0.5) is 5.69 Å². The van der Waals surface area contributed by atoms with Crippen molar-refractivity contribution in [2.45, 2.75) is 33.4 Å². The zero-order valence-electron chi connectivity index (χ0n) is 12.5. The van der Waals surface area contributed by atoms with Gasteiger partial charge in [0, 0.05) is 32.2 Å². The monoisotopic (exact) mass is 277 g/mol.